The first kappa shape index (κ1) is 17.4. The molecule has 2 aliphatic carbocycles. The van der Waals surface area contributed by atoms with E-state index in [4.69, 9.17) is 22.3 Å². The Labute approximate surface area is 154 Å². The average Bonchev–Trinajstić information content (AvgIpc) is 2.87. The van der Waals surface area contributed by atoms with Gasteiger partial charge in [0.2, 0.25) is 0 Å². The molecule has 0 radical (unpaired) electrons. The van der Waals surface area contributed by atoms with Gasteiger partial charge in [-0.15, -0.1) is 11.6 Å². The highest BCUT2D eigenvalue weighted by Crippen LogP contribution is 2.49. The molecule has 0 aromatic rings. The Morgan fingerprint density at radius 3 is 2.67 bits per heavy atom. The summed E-state index contributed by atoms with van der Waals surface area (Å²) in [5.74, 6) is 3.27. The van der Waals surface area contributed by atoms with E-state index in [0.29, 0.717) is 11.9 Å². The Balaban J connectivity index is 1.62. The van der Waals surface area contributed by atoms with Crippen LogP contribution in [0.4, 0.5) is 0 Å². The SMILES string of the molecule is NC1=NC2CCC(Cl)CC2C1(O)C1CCCCC1N1CCSCC1. The molecule has 0 spiro atoms. The van der Waals surface area contributed by atoms with Crippen LogP contribution < -0.4 is 5.73 Å². The van der Waals surface area contributed by atoms with Crippen LogP contribution in [0.15, 0.2) is 4.99 Å². The van der Waals surface area contributed by atoms with Gasteiger partial charge in [-0.1, -0.05) is 12.8 Å². The number of aliphatic hydroxyl groups is 1. The number of hydrogen-bond donors (Lipinski definition) is 2. The Hall–Kier alpha value is 0.0300. The van der Waals surface area contributed by atoms with Gasteiger partial charge in [-0.3, -0.25) is 9.89 Å². The van der Waals surface area contributed by atoms with Crippen LogP contribution in [0.5, 0.6) is 0 Å². The lowest BCUT2D eigenvalue weighted by Crippen LogP contribution is -2.62. The lowest BCUT2D eigenvalue weighted by Gasteiger charge is -2.50. The smallest absolute Gasteiger partial charge is 0.130 e. The van der Waals surface area contributed by atoms with Crippen molar-refractivity contribution in [2.75, 3.05) is 24.6 Å². The van der Waals surface area contributed by atoms with Crippen LogP contribution in [0.2, 0.25) is 0 Å². The molecule has 2 heterocycles. The Morgan fingerprint density at radius 2 is 1.88 bits per heavy atom. The predicted molar refractivity (Wildman–Crippen MR) is 102 cm³/mol. The van der Waals surface area contributed by atoms with E-state index >= 15 is 0 Å². The Morgan fingerprint density at radius 1 is 1.12 bits per heavy atom. The molecule has 3 N–H and O–H groups in total. The summed E-state index contributed by atoms with van der Waals surface area (Å²) in [6, 6.07) is 0.636. The van der Waals surface area contributed by atoms with Gasteiger partial charge < -0.3 is 10.8 Å². The van der Waals surface area contributed by atoms with E-state index in [0.717, 1.165) is 38.8 Å². The monoisotopic (exact) mass is 371 g/mol. The number of nitrogens with two attached hydrogens (primary N) is 1. The van der Waals surface area contributed by atoms with Gasteiger partial charge in [0.15, 0.2) is 0 Å². The maximum Gasteiger partial charge on any atom is 0.130 e. The highest BCUT2D eigenvalue weighted by molar-refractivity contribution is 7.99. The molecule has 2 saturated carbocycles. The third kappa shape index (κ3) is 2.89. The number of nitrogens with zero attached hydrogens (tertiary/aromatic N) is 2. The maximum absolute atomic E-state index is 11.9. The first-order valence-corrected chi connectivity index (χ1v) is 11.2. The quantitative estimate of drug-likeness (QED) is 0.732. The molecule has 0 amide bonds. The molecule has 3 fully saturated rings. The van der Waals surface area contributed by atoms with E-state index in [1.807, 2.05) is 11.8 Å². The largest absolute Gasteiger partial charge is 0.385 e. The van der Waals surface area contributed by atoms with Crippen LogP contribution in [-0.4, -0.2) is 63.5 Å². The summed E-state index contributed by atoms with van der Waals surface area (Å²) < 4.78 is 0. The highest BCUT2D eigenvalue weighted by Gasteiger charge is 2.58. The summed E-state index contributed by atoms with van der Waals surface area (Å²) in [5, 5.41) is 12.0. The second-order valence-corrected chi connectivity index (χ2v) is 9.87. The second kappa shape index (κ2) is 6.98. The van der Waals surface area contributed by atoms with Gasteiger partial charge in [0.1, 0.15) is 11.4 Å². The third-order valence-electron chi connectivity index (χ3n) is 6.84. The molecule has 4 aliphatic rings. The average molecular weight is 372 g/mol. The highest BCUT2D eigenvalue weighted by atomic mass is 35.5. The topological polar surface area (TPSA) is 61.9 Å². The van der Waals surface area contributed by atoms with Gasteiger partial charge in [-0.2, -0.15) is 11.8 Å². The standard InChI is InChI=1S/C18H30ClN3OS/c19-12-5-6-15-14(11-12)18(23,17(20)21-15)13-3-1-2-4-16(13)22-7-9-24-10-8-22/h12-16,23H,1-11H2,(H2,20,21). The fourth-order valence-corrected chi connectivity index (χ4v) is 6.89. The fraction of sp³-hybridized carbons (Fsp3) is 0.944. The zero-order valence-corrected chi connectivity index (χ0v) is 15.9. The van der Waals surface area contributed by atoms with Gasteiger partial charge in [0, 0.05) is 47.8 Å². The molecule has 6 unspecified atom stereocenters. The zero-order valence-electron chi connectivity index (χ0n) is 14.4. The molecule has 6 atom stereocenters. The molecule has 2 aliphatic heterocycles. The van der Waals surface area contributed by atoms with E-state index in [1.165, 1.54) is 30.8 Å². The predicted octanol–water partition coefficient (Wildman–Crippen LogP) is 2.47. The number of thioether (sulfide) groups is 1. The molecule has 6 heteroatoms. The molecule has 0 bridgehead atoms. The van der Waals surface area contributed by atoms with Gasteiger partial charge in [-0.25, -0.2) is 0 Å². The Kier molecular flexibility index (Phi) is 5.07. The van der Waals surface area contributed by atoms with Crippen molar-refractivity contribution >= 4 is 29.2 Å². The van der Waals surface area contributed by atoms with Crippen molar-refractivity contribution in [3.8, 4) is 0 Å². The van der Waals surface area contributed by atoms with Crippen molar-refractivity contribution in [1.82, 2.24) is 4.90 Å². The number of amidine groups is 1. The summed E-state index contributed by atoms with van der Waals surface area (Å²) >= 11 is 8.51. The minimum absolute atomic E-state index is 0.124. The van der Waals surface area contributed by atoms with Gasteiger partial charge in [0.05, 0.1) is 6.04 Å². The van der Waals surface area contributed by atoms with E-state index in [-0.39, 0.29) is 23.3 Å². The van der Waals surface area contributed by atoms with Gasteiger partial charge >= 0.3 is 0 Å². The summed E-state index contributed by atoms with van der Waals surface area (Å²) in [7, 11) is 0. The lowest BCUT2D eigenvalue weighted by molar-refractivity contribution is -0.0639. The maximum atomic E-state index is 11.9. The molecular weight excluding hydrogens is 342 g/mol. The van der Waals surface area contributed by atoms with Crippen molar-refractivity contribution < 1.29 is 5.11 Å². The molecule has 24 heavy (non-hydrogen) atoms. The van der Waals surface area contributed by atoms with Gasteiger partial charge in [-0.05, 0) is 32.1 Å². The number of fused-ring (bicyclic) bond motifs is 1. The van der Waals surface area contributed by atoms with Crippen LogP contribution in [0.3, 0.4) is 0 Å². The summed E-state index contributed by atoms with van der Waals surface area (Å²) in [6.45, 7) is 2.29. The van der Waals surface area contributed by atoms with Crippen LogP contribution >= 0.6 is 23.4 Å². The number of alkyl halides is 1. The van der Waals surface area contributed by atoms with E-state index < -0.39 is 5.60 Å². The van der Waals surface area contributed by atoms with Crippen LogP contribution in [-0.2, 0) is 0 Å². The molecule has 0 aromatic heterocycles. The van der Waals surface area contributed by atoms with E-state index in [9.17, 15) is 5.11 Å². The van der Waals surface area contributed by atoms with E-state index in [2.05, 4.69) is 4.90 Å². The minimum Gasteiger partial charge on any atom is -0.385 e. The van der Waals surface area contributed by atoms with Crippen LogP contribution in [0.1, 0.15) is 44.9 Å². The molecular formula is C18H30ClN3OS. The normalized spacial score (nSPS) is 47.2. The van der Waals surface area contributed by atoms with Crippen molar-refractivity contribution in [3.05, 3.63) is 0 Å². The molecule has 1 saturated heterocycles. The van der Waals surface area contributed by atoms with Crippen molar-refractivity contribution in [2.45, 2.75) is 68.0 Å². The lowest BCUT2D eigenvalue weighted by atomic mass is 9.64. The van der Waals surface area contributed by atoms with Crippen molar-refractivity contribution in [3.63, 3.8) is 0 Å². The summed E-state index contributed by atoms with van der Waals surface area (Å²) in [6.07, 6.45) is 7.54. The fourth-order valence-electron chi connectivity index (χ4n) is 5.64. The summed E-state index contributed by atoms with van der Waals surface area (Å²) in [5.41, 5.74) is 5.44. The first-order chi connectivity index (χ1) is 11.6. The van der Waals surface area contributed by atoms with E-state index in [1.54, 1.807) is 0 Å². The Bertz CT molecular complexity index is 499. The second-order valence-electron chi connectivity index (χ2n) is 8.03. The third-order valence-corrected chi connectivity index (χ3v) is 8.18. The molecule has 4 nitrogen and oxygen atoms in total. The van der Waals surface area contributed by atoms with Crippen molar-refractivity contribution in [2.24, 2.45) is 22.6 Å². The number of rotatable bonds is 2. The number of aliphatic imine (C=N–C) groups is 1. The van der Waals surface area contributed by atoms with Crippen LogP contribution in [0, 0.1) is 11.8 Å². The van der Waals surface area contributed by atoms with Crippen LogP contribution in [0.25, 0.3) is 0 Å². The zero-order chi connectivity index (χ0) is 16.7. The first-order valence-electron chi connectivity index (χ1n) is 9.62. The molecule has 136 valence electrons. The van der Waals surface area contributed by atoms with Gasteiger partial charge in [0.25, 0.3) is 0 Å². The minimum atomic E-state index is -0.937. The molecule has 0 aromatic carbocycles. The van der Waals surface area contributed by atoms with Crippen molar-refractivity contribution in [1.29, 1.82) is 0 Å². The summed E-state index contributed by atoms with van der Waals surface area (Å²) in [4.78, 5) is 7.34. The number of halogens is 1. The number of hydrogen-bond acceptors (Lipinski definition) is 5. The molecule has 4 rings (SSSR count).